The molecule has 3 nitrogen and oxygen atoms in total. The topological polar surface area (TPSA) is 32.7 Å². The van der Waals surface area contributed by atoms with E-state index in [0.29, 0.717) is 18.9 Å². The Morgan fingerprint density at radius 2 is 1.95 bits per heavy atom. The van der Waals surface area contributed by atoms with E-state index in [4.69, 9.17) is 9.84 Å². The minimum Gasteiger partial charge on any atom is -0.492 e. The summed E-state index contributed by atoms with van der Waals surface area (Å²) in [4.78, 5) is 2.28. The zero-order valence-corrected chi connectivity index (χ0v) is 12.7. The molecule has 0 fully saturated rings. The molecule has 3 heteroatoms. The van der Waals surface area contributed by atoms with E-state index < -0.39 is 0 Å². The van der Waals surface area contributed by atoms with E-state index in [1.165, 1.54) is 0 Å². The molecule has 0 aliphatic rings. The molecule has 0 aromatic heterocycles. The Morgan fingerprint density at radius 1 is 1.25 bits per heavy atom. The molecule has 0 spiro atoms. The maximum Gasteiger partial charge on any atom is 0.119 e. The summed E-state index contributed by atoms with van der Waals surface area (Å²) in [5.74, 6) is 7.44. The Morgan fingerprint density at radius 3 is 2.55 bits per heavy atom. The van der Waals surface area contributed by atoms with Crippen molar-refractivity contribution in [1.29, 1.82) is 0 Å². The van der Waals surface area contributed by atoms with Crippen molar-refractivity contribution >= 4 is 0 Å². The van der Waals surface area contributed by atoms with Gasteiger partial charge in [0.2, 0.25) is 0 Å². The second-order valence-corrected chi connectivity index (χ2v) is 5.30. The summed E-state index contributed by atoms with van der Waals surface area (Å²) in [7, 11) is 2.11. The highest BCUT2D eigenvalue weighted by Crippen LogP contribution is 2.11. The maximum atomic E-state index is 8.66. The quantitative estimate of drug-likeness (QED) is 0.776. The molecule has 0 saturated carbocycles. The first-order chi connectivity index (χ1) is 9.61. The fourth-order valence-electron chi connectivity index (χ4n) is 1.89. The van der Waals surface area contributed by atoms with Crippen LogP contribution in [0.4, 0.5) is 0 Å². The summed E-state index contributed by atoms with van der Waals surface area (Å²) in [5, 5.41) is 8.66. The minimum absolute atomic E-state index is 0.109. The van der Waals surface area contributed by atoms with Gasteiger partial charge in [0, 0.05) is 25.1 Å². The molecule has 0 amide bonds. The van der Waals surface area contributed by atoms with E-state index in [1.54, 1.807) is 0 Å². The molecule has 1 rings (SSSR count). The van der Waals surface area contributed by atoms with Gasteiger partial charge in [-0.15, -0.1) is 0 Å². The standard InChI is InChI=1S/C17H25NO2/c1-15(2)14-18(3)11-13-20-17-9-7-16(8-10-17)6-4-5-12-19/h7-10,15,19H,5,11-14H2,1-3H3. The summed E-state index contributed by atoms with van der Waals surface area (Å²) >= 11 is 0. The molecule has 0 saturated heterocycles. The van der Waals surface area contributed by atoms with E-state index in [9.17, 15) is 0 Å². The molecule has 0 heterocycles. The molecule has 110 valence electrons. The van der Waals surface area contributed by atoms with Crippen molar-refractivity contribution < 1.29 is 9.84 Å². The van der Waals surface area contributed by atoms with Gasteiger partial charge in [0.1, 0.15) is 12.4 Å². The normalized spacial score (nSPS) is 10.5. The lowest BCUT2D eigenvalue weighted by molar-refractivity contribution is 0.223. The third-order valence-electron chi connectivity index (χ3n) is 2.74. The van der Waals surface area contributed by atoms with Gasteiger partial charge in [-0.3, -0.25) is 0 Å². The van der Waals surface area contributed by atoms with Gasteiger partial charge in [0.25, 0.3) is 0 Å². The number of ether oxygens (including phenoxy) is 1. The van der Waals surface area contributed by atoms with Crippen LogP contribution in [0.2, 0.25) is 0 Å². The van der Waals surface area contributed by atoms with Crippen molar-refractivity contribution in [3.63, 3.8) is 0 Å². The molecule has 1 N–H and O–H groups in total. The Hall–Kier alpha value is -1.50. The molecule has 1 aromatic rings. The Balaban J connectivity index is 2.33. The molecule has 0 aliphatic heterocycles. The van der Waals surface area contributed by atoms with Crippen LogP contribution in [0.5, 0.6) is 5.75 Å². The highest BCUT2D eigenvalue weighted by atomic mass is 16.5. The van der Waals surface area contributed by atoms with E-state index in [0.717, 1.165) is 24.4 Å². The van der Waals surface area contributed by atoms with Gasteiger partial charge in [0.15, 0.2) is 0 Å². The average molecular weight is 275 g/mol. The monoisotopic (exact) mass is 275 g/mol. The largest absolute Gasteiger partial charge is 0.492 e. The molecule has 0 atom stereocenters. The van der Waals surface area contributed by atoms with E-state index in [2.05, 4.69) is 37.6 Å². The fraction of sp³-hybridized carbons (Fsp3) is 0.529. The van der Waals surface area contributed by atoms with Gasteiger partial charge in [-0.1, -0.05) is 25.7 Å². The summed E-state index contributed by atoms with van der Waals surface area (Å²) in [5.41, 5.74) is 0.947. The predicted octanol–water partition coefficient (Wildman–Crippen LogP) is 2.39. The van der Waals surface area contributed by atoms with Gasteiger partial charge < -0.3 is 14.7 Å². The van der Waals surface area contributed by atoms with Gasteiger partial charge in [-0.25, -0.2) is 0 Å². The van der Waals surface area contributed by atoms with Crippen molar-refractivity contribution in [3.8, 4) is 17.6 Å². The predicted molar refractivity (Wildman–Crippen MR) is 82.9 cm³/mol. The first-order valence-corrected chi connectivity index (χ1v) is 7.13. The van der Waals surface area contributed by atoms with Crippen LogP contribution in [0.15, 0.2) is 24.3 Å². The molecule has 20 heavy (non-hydrogen) atoms. The first kappa shape index (κ1) is 16.6. The van der Waals surface area contributed by atoms with Crippen LogP contribution in [-0.4, -0.2) is 43.4 Å². The molecule has 1 aromatic carbocycles. The number of hydrogen-bond acceptors (Lipinski definition) is 3. The van der Waals surface area contributed by atoms with Crippen LogP contribution in [0.3, 0.4) is 0 Å². The third-order valence-corrected chi connectivity index (χ3v) is 2.74. The van der Waals surface area contributed by atoms with Crippen LogP contribution in [-0.2, 0) is 0 Å². The number of rotatable bonds is 7. The SMILES string of the molecule is CC(C)CN(C)CCOc1ccc(C#CCCO)cc1. The van der Waals surface area contributed by atoms with Gasteiger partial charge in [-0.2, -0.15) is 0 Å². The maximum absolute atomic E-state index is 8.66. The Bertz CT molecular complexity index is 429. The summed E-state index contributed by atoms with van der Waals surface area (Å²) in [6.45, 7) is 7.25. The Labute approximate surface area is 122 Å². The fourth-order valence-corrected chi connectivity index (χ4v) is 1.89. The highest BCUT2D eigenvalue weighted by molar-refractivity contribution is 5.38. The van der Waals surface area contributed by atoms with Crippen LogP contribution in [0, 0.1) is 17.8 Å². The summed E-state index contributed by atoms with van der Waals surface area (Å²) in [6.07, 6.45) is 0.514. The van der Waals surface area contributed by atoms with Crippen LogP contribution >= 0.6 is 0 Å². The zero-order valence-electron chi connectivity index (χ0n) is 12.7. The number of nitrogens with zero attached hydrogens (tertiary/aromatic N) is 1. The average Bonchev–Trinajstić information content (AvgIpc) is 2.40. The summed E-state index contributed by atoms with van der Waals surface area (Å²) in [6, 6.07) is 7.76. The second kappa shape index (κ2) is 9.41. The molecule has 0 unspecified atom stereocenters. The lowest BCUT2D eigenvalue weighted by atomic mass is 10.2. The minimum atomic E-state index is 0.109. The summed E-state index contributed by atoms with van der Waals surface area (Å²) < 4.78 is 5.71. The number of likely N-dealkylation sites (N-methyl/N-ethyl adjacent to an activating group) is 1. The zero-order chi connectivity index (χ0) is 14.8. The van der Waals surface area contributed by atoms with Gasteiger partial charge in [0.05, 0.1) is 6.61 Å². The lowest BCUT2D eigenvalue weighted by Gasteiger charge is -2.18. The second-order valence-electron chi connectivity index (χ2n) is 5.30. The molecule has 0 aliphatic carbocycles. The van der Waals surface area contributed by atoms with E-state index in [1.807, 2.05) is 24.3 Å². The van der Waals surface area contributed by atoms with Crippen molar-refractivity contribution in [2.45, 2.75) is 20.3 Å². The Kier molecular flexibility index (Phi) is 7.79. The smallest absolute Gasteiger partial charge is 0.119 e. The van der Waals surface area contributed by atoms with Gasteiger partial charge >= 0.3 is 0 Å². The van der Waals surface area contributed by atoms with Crippen molar-refractivity contribution in [3.05, 3.63) is 29.8 Å². The van der Waals surface area contributed by atoms with Crippen LogP contribution in [0.1, 0.15) is 25.8 Å². The first-order valence-electron chi connectivity index (χ1n) is 7.13. The molecule has 0 bridgehead atoms. The highest BCUT2D eigenvalue weighted by Gasteiger charge is 2.01. The lowest BCUT2D eigenvalue weighted by Crippen LogP contribution is -2.27. The van der Waals surface area contributed by atoms with Crippen molar-refractivity contribution in [2.24, 2.45) is 5.92 Å². The van der Waals surface area contributed by atoms with Crippen molar-refractivity contribution in [1.82, 2.24) is 4.90 Å². The third kappa shape index (κ3) is 7.18. The van der Waals surface area contributed by atoms with Crippen LogP contribution < -0.4 is 4.74 Å². The van der Waals surface area contributed by atoms with E-state index >= 15 is 0 Å². The van der Waals surface area contributed by atoms with Gasteiger partial charge in [-0.05, 0) is 37.2 Å². The number of benzene rings is 1. The number of aliphatic hydroxyl groups excluding tert-OH is 1. The molecule has 0 radical (unpaired) electrons. The number of hydrogen-bond donors (Lipinski definition) is 1. The molecular weight excluding hydrogens is 250 g/mol. The molecular formula is C17H25NO2. The van der Waals surface area contributed by atoms with Crippen molar-refractivity contribution in [2.75, 3.05) is 33.4 Å². The van der Waals surface area contributed by atoms with E-state index in [-0.39, 0.29) is 6.61 Å². The van der Waals surface area contributed by atoms with Crippen LogP contribution in [0.25, 0.3) is 0 Å². The number of aliphatic hydroxyl groups is 1.